The van der Waals surface area contributed by atoms with Gasteiger partial charge in [-0.05, 0) is 54.6 Å². The zero-order valence-corrected chi connectivity index (χ0v) is 25.5. The molecule has 3 amide bonds. The van der Waals surface area contributed by atoms with Gasteiger partial charge >= 0.3 is 12.2 Å². The fraction of sp³-hybridized carbons (Fsp3) is 0.333. The van der Waals surface area contributed by atoms with Gasteiger partial charge in [0.05, 0.1) is 42.0 Å². The van der Waals surface area contributed by atoms with Crippen LogP contribution in [-0.2, 0) is 16.2 Å². The molecule has 0 fully saturated rings. The number of hydrogen-bond acceptors (Lipinski definition) is 7. The van der Waals surface area contributed by atoms with Gasteiger partial charge in [-0.3, -0.25) is 4.79 Å². The Morgan fingerprint density at radius 1 is 1.11 bits per heavy atom. The van der Waals surface area contributed by atoms with Gasteiger partial charge in [0.25, 0.3) is 5.91 Å². The largest absolute Gasteiger partial charge is 0.497 e. The molecule has 1 unspecified atom stereocenters. The van der Waals surface area contributed by atoms with Crippen molar-refractivity contribution in [3.63, 3.8) is 0 Å². The standard InChI is InChI=1S/C30H33F3N4O7S/c1-19-17-37(14-15-38)28(39)24-8-5-9-25(35-29(40)34-21-7-4-6-20(16-21)30(31,32)33)27(24)44-26(19)18-36(2)45(41,42)23-12-10-22(43-3)11-13-23/h4-13,16,19,26,38H,14-15,17-18H2,1-3H3,(H2,34,35,40)/t19?,26-/m0/s1. The van der Waals surface area contributed by atoms with Crippen molar-refractivity contribution in [2.75, 3.05) is 51.0 Å². The monoisotopic (exact) mass is 650 g/mol. The maximum Gasteiger partial charge on any atom is 0.416 e. The van der Waals surface area contributed by atoms with Gasteiger partial charge in [0.2, 0.25) is 10.0 Å². The summed E-state index contributed by atoms with van der Waals surface area (Å²) < 4.78 is 78.8. The van der Waals surface area contributed by atoms with Crippen LogP contribution in [0.2, 0.25) is 0 Å². The molecule has 0 aliphatic carbocycles. The molecule has 0 saturated heterocycles. The van der Waals surface area contributed by atoms with Crippen LogP contribution in [-0.4, -0.2) is 81.2 Å². The first-order valence-corrected chi connectivity index (χ1v) is 15.2. The van der Waals surface area contributed by atoms with Gasteiger partial charge in [-0.1, -0.05) is 19.1 Å². The number of carbonyl (C=O) groups excluding carboxylic acids is 2. The molecule has 15 heteroatoms. The van der Waals surface area contributed by atoms with Crippen LogP contribution in [0.3, 0.4) is 0 Å². The summed E-state index contributed by atoms with van der Waals surface area (Å²) in [5, 5.41) is 14.5. The van der Waals surface area contributed by atoms with E-state index in [2.05, 4.69) is 10.6 Å². The second kappa shape index (κ2) is 13.7. The Kier molecular flexibility index (Phi) is 10.3. The van der Waals surface area contributed by atoms with E-state index in [-0.39, 0.29) is 53.8 Å². The summed E-state index contributed by atoms with van der Waals surface area (Å²) >= 11 is 0. The smallest absolute Gasteiger partial charge is 0.416 e. The summed E-state index contributed by atoms with van der Waals surface area (Å²) in [4.78, 5) is 27.8. The number of β-amino-alcohol motifs (C(OH)–C–C–N with tert-alkyl or cyclic N) is 1. The van der Waals surface area contributed by atoms with E-state index in [1.165, 1.54) is 67.6 Å². The predicted molar refractivity (Wildman–Crippen MR) is 160 cm³/mol. The third kappa shape index (κ3) is 7.85. The summed E-state index contributed by atoms with van der Waals surface area (Å²) in [6.45, 7) is 1.40. The number of aliphatic hydroxyl groups is 1. The molecule has 1 aliphatic heterocycles. The fourth-order valence-electron chi connectivity index (χ4n) is 4.78. The van der Waals surface area contributed by atoms with Crippen molar-refractivity contribution in [2.24, 2.45) is 5.92 Å². The molecule has 1 heterocycles. The summed E-state index contributed by atoms with van der Waals surface area (Å²) in [6, 6.07) is 13.4. The molecular formula is C30H33F3N4O7S. The van der Waals surface area contributed by atoms with Crippen molar-refractivity contribution in [1.82, 2.24) is 9.21 Å². The van der Waals surface area contributed by atoms with E-state index in [4.69, 9.17) is 9.47 Å². The third-order valence-corrected chi connectivity index (χ3v) is 9.05. The number of methoxy groups -OCH3 is 1. The highest BCUT2D eigenvalue weighted by Gasteiger charge is 2.35. The van der Waals surface area contributed by atoms with Gasteiger partial charge in [-0.2, -0.15) is 17.5 Å². The Balaban J connectivity index is 1.64. The molecule has 1 aliphatic rings. The Morgan fingerprint density at radius 3 is 2.44 bits per heavy atom. The van der Waals surface area contributed by atoms with Crippen LogP contribution in [0.25, 0.3) is 0 Å². The van der Waals surface area contributed by atoms with Crippen LogP contribution >= 0.6 is 0 Å². The van der Waals surface area contributed by atoms with Crippen molar-refractivity contribution >= 4 is 33.3 Å². The zero-order chi connectivity index (χ0) is 32.9. The molecule has 0 spiro atoms. The van der Waals surface area contributed by atoms with Gasteiger partial charge < -0.3 is 30.1 Å². The molecule has 3 N–H and O–H groups in total. The maximum atomic E-state index is 13.5. The lowest BCUT2D eigenvalue weighted by Gasteiger charge is -2.36. The minimum Gasteiger partial charge on any atom is -0.497 e. The van der Waals surface area contributed by atoms with Crippen molar-refractivity contribution in [3.8, 4) is 11.5 Å². The Hall–Kier alpha value is -4.34. The number of likely N-dealkylation sites (N-methyl/N-ethyl adjacent to an activating group) is 1. The number of urea groups is 1. The number of amides is 3. The number of sulfonamides is 1. The summed E-state index contributed by atoms with van der Waals surface area (Å²) in [5.41, 5.74) is -1.01. The van der Waals surface area contributed by atoms with Crippen LogP contribution in [0.5, 0.6) is 11.5 Å². The van der Waals surface area contributed by atoms with Crippen molar-refractivity contribution < 1.29 is 45.8 Å². The number of ether oxygens (including phenoxy) is 2. The van der Waals surface area contributed by atoms with Crippen LogP contribution in [0.15, 0.2) is 71.6 Å². The number of anilines is 2. The first kappa shape index (κ1) is 33.6. The van der Waals surface area contributed by atoms with E-state index >= 15 is 0 Å². The fourth-order valence-corrected chi connectivity index (χ4v) is 5.97. The lowest BCUT2D eigenvalue weighted by Crippen LogP contribution is -2.48. The lowest BCUT2D eigenvalue weighted by atomic mass is 10.0. The Morgan fingerprint density at radius 2 is 1.80 bits per heavy atom. The van der Waals surface area contributed by atoms with Crippen LogP contribution in [0, 0.1) is 5.92 Å². The van der Waals surface area contributed by atoms with Crippen LogP contribution in [0.1, 0.15) is 22.8 Å². The minimum absolute atomic E-state index is 0.0109. The summed E-state index contributed by atoms with van der Waals surface area (Å²) in [7, 11) is -1.13. The molecule has 11 nitrogen and oxygen atoms in total. The Labute approximate surface area is 258 Å². The average Bonchev–Trinajstić information content (AvgIpc) is 2.99. The number of nitrogens with one attached hydrogen (secondary N) is 2. The predicted octanol–water partition coefficient (Wildman–Crippen LogP) is 4.51. The zero-order valence-electron chi connectivity index (χ0n) is 24.7. The van der Waals surface area contributed by atoms with E-state index in [1.54, 1.807) is 6.92 Å². The third-order valence-electron chi connectivity index (χ3n) is 7.22. The van der Waals surface area contributed by atoms with E-state index in [0.717, 1.165) is 22.5 Å². The van der Waals surface area contributed by atoms with Gasteiger partial charge in [0.1, 0.15) is 11.9 Å². The molecule has 0 bridgehead atoms. The second-order valence-corrected chi connectivity index (χ2v) is 12.5. The number of carbonyl (C=O) groups is 2. The molecule has 3 aromatic rings. The number of para-hydroxylation sites is 1. The number of halogens is 3. The first-order chi connectivity index (χ1) is 21.2. The molecule has 0 saturated carbocycles. The van der Waals surface area contributed by atoms with Gasteiger partial charge in [-0.15, -0.1) is 0 Å². The molecular weight excluding hydrogens is 617 g/mol. The lowest BCUT2D eigenvalue weighted by molar-refractivity contribution is -0.137. The molecule has 3 aromatic carbocycles. The van der Waals surface area contributed by atoms with Crippen molar-refractivity contribution in [1.29, 1.82) is 0 Å². The maximum absolute atomic E-state index is 13.5. The van der Waals surface area contributed by atoms with Crippen molar-refractivity contribution in [2.45, 2.75) is 24.1 Å². The highest BCUT2D eigenvalue weighted by molar-refractivity contribution is 7.89. The average molecular weight is 651 g/mol. The molecule has 2 atom stereocenters. The normalized spacial score (nSPS) is 17.2. The number of nitrogens with zero attached hydrogens (tertiary/aromatic N) is 2. The molecule has 242 valence electrons. The number of benzene rings is 3. The summed E-state index contributed by atoms with van der Waals surface area (Å²) in [5.74, 6) is -0.521. The topological polar surface area (TPSA) is 138 Å². The molecule has 0 radical (unpaired) electrons. The molecule has 0 aromatic heterocycles. The van der Waals surface area contributed by atoms with Gasteiger partial charge in [-0.25, -0.2) is 13.2 Å². The SMILES string of the molecule is COc1ccc(S(=O)(=O)N(C)C[C@@H]2Oc3c(NC(=O)Nc4cccc(C(F)(F)F)c4)cccc3C(=O)N(CCO)CC2C)cc1. The highest BCUT2D eigenvalue weighted by atomic mass is 32.2. The highest BCUT2D eigenvalue weighted by Crippen LogP contribution is 2.35. The van der Waals surface area contributed by atoms with Crippen LogP contribution < -0.4 is 20.1 Å². The minimum atomic E-state index is -4.61. The first-order valence-electron chi connectivity index (χ1n) is 13.8. The summed E-state index contributed by atoms with van der Waals surface area (Å²) in [6.07, 6.45) is -5.46. The van der Waals surface area contributed by atoms with E-state index in [9.17, 15) is 36.3 Å². The van der Waals surface area contributed by atoms with Gasteiger partial charge in [0, 0.05) is 31.7 Å². The van der Waals surface area contributed by atoms with E-state index in [1.807, 2.05) is 0 Å². The van der Waals surface area contributed by atoms with Crippen molar-refractivity contribution in [3.05, 3.63) is 77.9 Å². The number of aliphatic hydroxyl groups excluding tert-OH is 1. The second-order valence-electron chi connectivity index (χ2n) is 10.4. The number of hydrogen-bond donors (Lipinski definition) is 3. The number of rotatable bonds is 9. The molecule has 45 heavy (non-hydrogen) atoms. The van der Waals surface area contributed by atoms with E-state index < -0.39 is 45.7 Å². The Bertz CT molecular complexity index is 1640. The van der Waals surface area contributed by atoms with Crippen LogP contribution in [0.4, 0.5) is 29.3 Å². The van der Waals surface area contributed by atoms with Gasteiger partial charge in [0.15, 0.2) is 5.75 Å². The molecule has 4 rings (SSSR count). The quantitative estimate of drug-likeness (QED) is 0.310. The number of alkyl halides is 3. The van der Waals surface area contributed by atoms with E-state index in [0.29, 0.717) is 5.75 Å². The number of fused-ring (bicyclic) bond motifs is 1.